The number of benzene rings is 1. The van der Waals surface area contributed by atoms with Gasteiger partial charge < -0.3 is 30.2 Å². The van der Waals surface area contributed by atoms with E-state index in [0.717, 1.165) is 51.0 Å². The molecule has 1 spiro atoms. The number of hydrogen-bond donors (Lipinski definition) is 4. The number of hydrogen-bond acceptors (Lipinski definition) is 8. The van der Waals surface area contributed by atoms with E-state index >= 15 is 0 Å². The van der Waals surface area contributed by atoms with Crippen molar-refractivity contribution in [2.24, 2.45) is 16.1 Å². The Morgan fingerprint density at radius 2 is 1.97 bits per heavy atom. The molecule has 0 amide bonds. The second-order valence-corrected chi connectivity index (χ2v) is 11.4. The molecule has 37 heavy (non-hydrogen) atoms. The van der Waals surface area contributed by atoms with Gasteiger partial charge in [0.1, 0.15) is 43.1 Å². The highest BCUT2D eigenvalue weighted by molar-refractivity contribution is 6.30. The standard InChI is InChI=1S/C26H36ClFN4O5/c1-25(35)20(34)24(37-21(25)19(33)15-8-9-17(27)18(28)12-15)32-23-16(22(31-36-2)29-14-30-23)13-26(32)10-6-4-3-5-7-11-26/h8-9,12,14,16,19-21,23-24,33-35H,3-7,10-11,13H2,1-2H3,(H,29,30,31)/t16?,19-,20+,21-,23?,24-,25+/m1/s1. The molecule has 5 rings (SSSR count). The summed E-state index contributed by atoms with van der Waals surface area (Å²) in [5, 5.41) is 41.6. The van der Waals surface area contributed by atoms with Crippen LogP contribution in [-0.4, -0.2) is 75.2 Å². The second kappa shape index (κ2) is 10.4. The number of amidine groups is 1. The number of oxime groups is 1. The van der Waals surface area contributed by atoms with Crippen LogP contribution in [0, 0.1) is 11.7 Å². The largest absolute Gasteiger partial charge is 0.398 e. The first-order valence-electron chi connectivity index (χ1n) is 13.1. The lowest BCUT2D eigenvalue weighted by atomic mass is 9.79. The molecule has 1 aliphatic carbocycles. The fourth-order valence-corrected chi connectivity index (χ4v) is 6.88. The molecule has 0 bridgehead atoms. The van der Waals surface area contributed by atoms with Gasteiger partial charge in [-0.3, -0.25) is 0 Å². The summed E-state index contributed by atoms with van der Waals surface area (Å²) in [5.74, 6) is -0.221. The van der Waals surface area contributed by atoms with Gasteiger partial charge in [-0.15, -0.1) is 0 Å². The third-order valence-corrected chi connectivity index (χ3v) is 8.95. The van der Waals surface area contributed by atoms with E-state index < -0.39 is 36.0 Å². The molecule has 204 valence electrons. The van der Waals surface area contributed by atoms with Gasteiger partial charge in [0.15, 0.2) is 5.84 Å². The van der Waals surface area contributed by atoms with Crippen molar-refractivity contribution < 1.29 is 29.3 Å². The van der Waals surface area contributed by atoms with Gasteiger partial charge in [-0.05, 0) is 43.9 Å². The summed E-state index contributed by atoms with van der Waals surface area (Å²) in [5.41, 5.74) is -1.94. The zero-order valence-electron chi connectivity index (χ0n) is 21.2. The monoisotopic (exact) mass is 538 g/mol. The molecule has 11 heteroatoms. The number of fused-ring (bicyclic) bond motifs is 1. The number of nitrogens with zero attached hydrogens (tertiary/aromatic N) is 3. The first-order valence-corrected chi connectivity index (χ1v) is 13.4. The van der Waals surface area contributed by atoms with Crippen LogP contribution >= 0.6 is 11.6 Å². The molecular weight excluding hydrogens is 503 g/mol. The zero-order chi connectivity index (χ0) is 26.4. The predicted molar refractivity (Wildman–Crippen MR) is 137 cm³/mol. The molecule has 2 saturated heterocycles. The van der Waals surface area contributed by atoms with E-state index in [-0.39, 0.29) is 28.2 Å². The van der Waals surface area contributed by atoms with Gasteiger partial charge in [-0.1, -0.05) is 54.9 Å². The molecule has 2 unspecified atom stereocenters. The van der Waals surface area contributed by atoms with Crippen LogP contribution in [0.3, 0.4) is 0 Å². The number of ether oxygens (including phenoxy) is 1. The molecule has 7 atom stereocenters. The molecule has 9 nitrogen and oxygen atoms in total. The zero-order valence-corrected chi connectivity index (χ0v) is 21.9. The molecule has 1 saturated carbocycles. The average Bonchev–Trinajstić information content (AvgIpc) is 3.30. The highest BCUT2D eigenvalue weighted by atomic mass is 35.5. The minimum Gasteiger partial charge on any atom is -0.398 e. The maximum atomic E-state index is 14.2. The minimum absolute atomic E-state index is 0.0686. The fraction of sp³-hybridized carbons (Fsp3) is 0.692. The van der Waals surface area contributed by atoms with Crippen molar-refractivity contribution in [2.75, 3.05) is 7.11 Å². The van der Waals surface area contributed by atoms with Crippen molar-refractivity contribution in [3.63, 3.8) is 0 Å². The number of halogens is 2. The molecule has 3 fully saturated rings. The summed E-state index contributed by atoms with van der Waals surface area (Å²) >= 11 is 5.82. The third-order valence-electron chi connectivity index (χ3n) is 8.65. The van der Waals surface area contributed by atoms with E-state index in [4.69, 9.17) is 21.2 Å². The SMILES string of the molecule is CO/N=C1/N=CNC2C1CC1(CCCCCCC1)N2[C@@H]1O[C@H]([C@H](O)c2ccc(Cl)c(F)c2)[C@@](C)(O)[C@H]1O. The van der Waals surface area contributed by atoms with Crippen molar-refractivity contribution in [3.05, 3.63) is 34.6 Å². The van der Waals surface area contributed by atoms with Crippen molar-refractivity contribution in [1.29, 1.82) is 0 Å². The molecule has 0 aromatic heterocycles. The summed E-state index contributed by atoms with van der Waals surface area (Å²) in [7, 11) is 1.49. The highest BCUT2D eigenvalue weighted by Crippen LogP contribution is 2.51. The van der Waals surface area contributed by atoms with Gasteiger partial charge in [0.2, 0.25) is 0 Å². The number of nitrogens with one attached hydrogen (secondary N) is 1. The first kappa shape index (κ1) is 26.8. The van der Waals surface area contributed by atoms with Crippen LogP contribution in [0.15, 0.2) is 28.3 Å². The maximum Gasteiger partial charge on any atom is 0.175 e. The highest BCUT2D eigenvalue weighted by Gasteiger charge is 2.64. The van der Waals surface area contributed by atoms with Crippen LogP contribution in [0.5, 0.6) is 0 Å². The van der Waals surface area contributed by atoms with Crippen LogP contribution in [0.1, 0.15) is 70.0 Å². The van der Waals surface area contributed by atoms with Crippen molar-refractivity contribution >= 4 is 23.8 Å². The van der Waals surface area contributed by atoms with Gasteiger partial charge in [-0.25, -0.2) is 14.3 Å². The van der Waals surface area contributed by atoms with Crippen molar-refractivity contribution in [1.82, 2.24) is 10.2 Å². The molecule has 4 N–H and O–H groups in total. The van der Waals surface area contributed by atoms with Crippen LogP contribution in [-0.2, 0) is 9.57 Å². The third kappa shape index (κ3) is 4.66. The van der Waals surface area contributed by atoms with Crippen molar-refractivity contribution in [2.45, 2.75) is 100 Å². The summed E-state index contributed by atoms with van der Waals surface area (Å²) in [6, 6.07) is 3.97. The Kier molecular flexibility index (Phi) is 7.52. The van der Waals surface area contributed by atoms with E-state index in [1.54, 1.807) is 6.34 Å². The quantitative estimate of drug-likeness (QED) is 0.435. The lowest BCUT2D eigenvalue weighted by molar-refractivity contribution is -0.157. The maximum absolute atomic E-state index is 14.2. The lowest BCUT2D eigenvalue weighted by Crippen LogP contribution is -2.62. The minimum atomic E-state index is -1.81. The summed E-state index contributed by atoms with van der Waals surface area (Å²) in [4.78, 5) is 11.6. The summed E-state index contributed by atoms with van der Waals surface area (Å²) in [6.07, 6.45) is 4.47. The Labute approximate surface area is 221 Å². The molecule has 3 aliphatic heterocycles. The average molecular weight is 539 g/mol. The molecular formula is C26H36ClFN4O5. The molecule has 1 aromatic carbocycles. The van der Waals surface area contributed by atoms with E-state index in [9.17, 15) is 19.7 Å². The number of aliphatic hydroxyl groups is 3. The number of likely N-dealkylation sites (tertiary alicyclic amines) is 1. The van der Waals surface area contributed by atoms with Gasteiger partial charge >= 0.3 is 0 Å². The van der Waals surface area contributed by atoms with Crippen LogP contribution in [0.2, 0.25) is 5.02 Å². The van der Waals surface area contributed by atoms with Crippen molar-refractivity contribution in [3.8, 4) is 0 Å². The Morgan fingerprint density at radius 1 is 1.27 bits per heavy atom. The number of aliphatic hydroxyl groups excluding tert-OH is 2. The smallest absolute Gasteiger partial charge is 0.175 e. The van der Waals surface area contributed by atoms with Gasteiger partial charge in [0, 0.05) is 5.54 Å². The van der Waals surface area contributed by atoms with E-state index in [1.807, 2.05) is 0 Å². The summed E-state index contributed by atoms with van der Waals surface area (Å²) < 4.78 is 20.5. The van der Waals surface area contributed by atoms with Gasteiger partial charge in [0.05, 0.1) is 23.4 Å². The van der Waals surface area contributed by atoms with Crippen LogP contribution < -0.4 is 5.32 Å². The molecule has 0 radical (unpaired) electrons. The topological polar surface area (TPSA) is 119 Å². The normalized spacial score (nSPS) is 37.7. The van der Waals surface area contributed by atoms with Crippen LogP contribution in [0.4, 0.5) is 4.39 Å². The Balaban J connectivity index is 1.51. The first-order chi connectivity index (χ1) is 17.7. The second-order valence-electron chi connectivity index (χ2n) is 10.9. The Hall–Kier alpha value is -1.82. The molecule has 4 aliphatic rings. The Morgan fingerprint density at radius 3 is 2.65 bits per heavy atom. The fourth-order valence-electron chi connectivity index (χ4n) is 6.76. The predicted octanol–water partition coefficient (Wildman–Crippen LogP) is 3.07. The summed E-state index contributed by atoms with van der Waals surface area (Å²) in [6.45, 7) is 1.45. The molecule has 1 aromatic rings. The molecule has 3 heterocycles. The van der Waals surface area contributed by atoms with E-state index in [1.165, 1.54) is 32.6 Å². The van der Waals surface area contributed by atoms with Gasteiger partial charge in [-0.2, -0.15) is 0 Å². The van der Waals surface area contributed by atoms with Crippen LogP contribution in [0.25, 0.3) is 0 Å². The number of aliphatic imine (C=N–C) groups is 1. The van der Waals surface area contributed by atoms with Gasteiger partial charge in [0.25, 0.3) is 0 Å². The number of rotatable bonds is 4. The Bertz CT molecular complexity index is 1050. The lowest BCUT2D eigenvalue weighted by Gasteiger charge is -2.46. The van der Waals surface area contributed by atoms with E-state index in [2.05, 4.69) is 20.4 Å². The van der Waals surface area contributed by atoms with E-state index in [0.29, 0.717) is 5.84 Å².